The summed E-state index contributed by atoms with van der Waals surface area (Å²) < 4.78 is 10.8. The van der Waals surface area contributed by atoms with Crippen LogP contribution in [0.1, 0.15) is 28.9 Å². The maximum Gasteiger partial charge on any atom is 0.226 e. The molecule has 144 valence electrons. The van der Waals surface area contributed by atoms with Gasteiger partial charge in [0.1, 0.15) is 12.0 Å². The van der Waals surface area contributed by atoms with E-state index in [0.717, 1.165) is 55.0 Å². The number of nitrogens with zero attached hydrogens (tertiary/aromatic N) is 2. The standard InChI is InChI=1S/C23H24N2O3/c1-27-21-9-7-19(8-10-21)23-24-20(16-28-23)15-25-13-11-18(12-14-25)22(26)17-5-3-2-4-6-17/h2-10,16,18H,11-15H2,1H3. The molecule has 1 saturated heterocycles. The summed E-state index contributed by atoms with van der Waals surface area (Å²) in [6.45, 7) is 2.54. The van der Waals surface area contributed by atoms with Gasteiger partial charge < -0.3 is 9.15 Å². The van der Waals surface area contributed by atoms with Gasteiger partial charge in [-0.3, -0.25) is 9.69 Å². The summed E-state index contributed by atoms with van der Waals surface area (Å²) in [5.41, 5.74) is 2.67. The average Bonchev–Trinajstić information content (AvgIpc) is 3.23. The molecule has 5 nitrogen and oxygen atoms in total. The molecule has 0 unspecified atom stereocenters. The fourth-order valence-corrected chi connectivity index (χ4v) is 3.67. The van der Waals surface area contributed by atoms with E-state index in [1.165, 1.54) is 0 Å². The molecule has 5 heteroatoms. The highest BCUT2D eigenvalue weighted by molar-refractivity contribution is 5.97. The fraction of sp³-hybridized carbons (Fsp3) is 0.304. The summed E-state index contributed by atoms with van der Waals surface area (Å²) in [6, 6.07) is 17.3. The number of carbonyl (C=O) groups excluding carboxylic acids is 1. The van der Waals surface area contributed by atoms with Crippen molar-refractivity contribution in [2.45, 2.75) is 19.4 Å². The van der Waals surface area contributed by atoms with Crippen LogP contribution >= 0.6 is 0 Å². The molecular weight excluding hydrogens is 352 g/mol. The quantitative estimate of drug-likeness (QED) is 0.595. The maximum absolute atomic E-state index is 12.6. The van der Waals surface area contributed by atoms with Crippen LogP contribution in [0.4, 0.5) is 0 Å². The lowest BCUT2D eigenvalue weighted by atomic mass is 9.89. The Morgan fingerprint density at radius 1 is 1.11 bits per heavy atom. The zero-order valence-electron chi connectivity index (χ0n) is 16.0. The van der Waals surface area contributed by atoms with Crippen LogP contribution < -0.4 is 4.74 Å². The van der Waals surface area contributed by atoms with E-state index in [0.29, 0.717) is 5.89 Å². The van der Waals surface area contributed by atoms with E-state index in [2.05, 4.69) is 9.88 Å². The van der Waals surface area contributed by atoms with Crippen LogP contribution in [0.2, 0.25) is 0 Å². The minimum absolute atomic E-state index is 0.116. The number of rotatable bonds is 6. The molecule has 0 spiro atoms. The monoisotopic (exact) mass is 376 g/mol. The van der Waals surface area contributed by atoms with Crippen molar-refractivity contribution in [3.8, 4) is 17.2 Å². The Labute approximate surface area is 165 Å². The van der Waals surface area contributed by atoms with Gasteiger partial charge in [-0.1, -0.05) is 30.3 Å². The Morgan fingerprint density at radius 2 is 1.82 bits per heavy atom. The molecule has 0 aliphatic carbocycles. The van der Waals surface area contributed by atoms with Gasteiger partial charge >= 0.3 is 0 Å². The Kier molecular flexibility index (Phi) is 5.53. The van der Waals surface area contributed by atoms with Gasteiger partial charge in [0, 0.05) is 23.6 Å². The number of piperidine rings is 1. The van der Waals surface area contributed by atoms with Crippen molar-refractivity contribution in [1.82, 2.24) is 9.88 Å². The number of aromatic nitrogens is 1. The molecule has 2 aromatic carbocycles. The van der Waals surface area contributed by atoms with Crippen molar-refractivity contribution in [2.24, 2.45) is 5.92 Å². The lowest BCUT2D eigenvalue weighted by Gasteiger charge is -2.30. The molecule has 0 saturated carbocycles. The molecule has 28 heavy (non-hydrogen) atoms. The zero-order chi connectivity index (χ0) is 19.3. The first-order valence-electron chi connectivity index (χ1n) is 9.63. The van der Waals surface area contributed by atoms with Crippen molar-refractivity contribution in [3.05, 3.63) is 72.1 Å². The number of methoxy groups -OCH3 is 1. The Balaban J connectivity index is 1.32. The summed E-state index contributed by atoms with van der Waals surface area (Å²) in [6.07, 6.45) is 3.49. The van der Waals surface area contributed by atoms with Gasteiger partial charge in [0.25, 0.3) is 0 Å². The van der Waals surface area contributed by atoms with E-state index in [-0.39, 0.29) is 11.7 Å². The van der Waals surface area contributed by atoms with Crippen molar-refractivity contribution >= 4 is 5.78 Å². The normalized spacial score (nSPS) is 15.5. The highest BCUT2D eigenvalue weighted by Gasteiger charge is 2.26. The van der Waals surface area contributed by atoms with Crippen molar-refractivity contribution < 1.29 is 13.9 Å². The summed E-state index contributed by atoms with van der Waals surface area (Å²) in [7, 11) is 1.65. The Morgan fingerprint density at radius 3 is 2.50 bits per heavy atom. The van der Waals surface area contributed by atoms with Gasteiger partial charge in [-0.05, 0) is 50.2 Å². The van der Waals surface area contributed by atoms with E-state index >= 15 is 0 Å². The molecule has 1 aliphatic rings. The molecule has 0 atom stereocenters. The minimum Gasteiger partial charge on any atom is -0.497 e. The van der Waals surface area contributed by atoms with Gasteiger partial charge in [-0.15, -0.1) is 0 Å². The molecular formula is C23H24N2O3. The second kappa shape index (κ2) is 8.40. The predicted octanol–water partition coefficient (Wildman–Crippen LogP) is 4.45. The molecule has 0 bridgehead atoms. The molecule has 0 N–H and O–H groups in total. The summed E-state index contributed by atoms with van der Waals surface area (Å²) in [5, 5.41) is 0. The summed E-state index contributed by atoms with van der Waals surface area (Å²) >= 11 is 0. The van der Waals surface area contributed by atoms with Gasteiger partial charge in [-0.2, -0.15) is 0 Å². The zero-order valence-corrected chi connectivity index (χ0v) is 16.0. The van der Waals surface area contributed by atoms with Crippen LogP contribution in [-0.4, -0.2) is 35.9 Å². The Bertz CT molecular complexity index is 911. The number of hydrogen-bond acceptors (Lipinski definition) is 5. The van der Waals surface area contributed by atoms with Gasteiger partial charge in [0.15, 0.2) is 5.78 Å². The summed E-state index contributed by atoms with van der Waals surface area (Å²) in [5.74, 6) is 1.81. The van der Waals surface area contributed by atoms with E-state index in [4.69, 9.17) is 9.15 Å². The number of oxazole rings is 1. The van der Waals surface area contributed by atoms with E-state index < -0.39 is 0 Å². The van der Waals surface area contributed by atoms with Crippen molar-refractivity contribution in [2.75, 3.05) is 20.2 Å². The minimum atomic E-state index is 0.116. The molecule has 1 fully saturated rings. The van der Waals surface area contributed by atoms with Crippen LogP contribution in [0.15, 0.2) is 65.3 Å². The average molecular weight is 376 g/mol. The first-order valence-corrected chi connectivity index (χ1v) is 9.63. The molecule has 0 radical (unpaired) electrons. The van der Waals surface area contributed by atoms with Gasteiger partial charge in [0.05, 0.1) is 12.8 Å². The van der Waals surface area contributed by atoms with Crippen LogP contribution in [0, 0.1) is 5.92 Å². The summed E-state index contributed by atoms with van der Waals surface area (Å²) in [4.78, 5) is 19.6. The fourth-order valence-electron chi connectivity index (χ4n) is 3.67. The third-order valence-corrected chi connectivity index (χ3v) is 5.29. The van der Waals surface area contributed by atoms with Crippen LogP contribution in [0.25, 0.3) is 11.5 Å². The van der Waals surface area contributed by atoms with E-state index in [1.54, 1.807) is 13.4 Å². The maximum atomic E-state index is 12.6. The molecule has 3 aromatic rings. The molecule has 4 rings (SSSR count). The van der Waals surface area contributed by atoms with Gasteiger partial charge in [-0.25, -0.2) is 4.98 Å². The molecule has 1 aromatic heterocycles. The highest BCUT2D eigenvalue weighted by atomic mass is 16.5. The van der Waals surface area contributed by atoms with E-state index in [9.17, 15) is 4.79 Å². The topological polar surface area (TPSA) is 55.6 Å². The number of likely N-dealkylation sites (tertiary alicyclic amines) is 1. The number of hydrogen-bond donors (Lipinski definition) is 0. The van der Waals surface area contributed by atoms with Crippen molar-refractivity contribution in [1.29, 1.82) is 0 Å². The second-order valence-corrected chi connectivity index (χ2v) is 7.15. The molecule has 0 amide bonds. The lowest BCUT2D eigenvalue weighted by molar-refractivity contribution is 0.0834. The van der Waals surface area contributed by atoms with E-state index in [1.807, 2.05) is 54.6 Å². The van der Waals surface area contributed by atoms with Crippen LogP contribution in [-0.2, 0) is 6.54 Å². The molecule has 2 heterocycles. The smallest absolute Gasteiger partial charge is 0.226 e. The van der Waals surface area contributed by atoms with Crippen LogP contribution in [0.3, 0.4) is 0 Å². The SMILES string of the molecule is COc1ccc(-c2nc(CN3CCC(C(=O)c4ccccc4)CC3)co2)cc1. The third kappa shape index (κ3) is 4.15. The van der Waals surface area contributed by atoms with Crippen LogP contribution in [0.5, 0.6) is 5.75 Å². The number of carbonyl (C=O) groups is 1. The number of ketones is 1. The second-order valence-electron chi connectivity index (χ2n) is 7.15. The lowest BCUT2D eigenvalue weighted by Crippen LogP contribution is -2.36. The first kappa shape index (κ1) is 18.4. The predicted molar refractivity (Wildman–Crippen MR) is 107 cm³/mol. The Hall–Kier alpha value is -2.92. The largest absolute Gasteiger partial charge is 0.497 e. The number of Topliss-reactive ketones (excluding diaryl/α,β-unsaturated/α-hetero) is 1. The van der Waals surface area contributed by atoms with Gasteiger partial charge in [0.2, 0.25) is 5.89 Å². The highest BCUT2D eigenvalue weighted by Crippen LogP contribution is 2.25. The third-order valence-electron chi connectivity index (χ3n) is 5.29. The number of benzene rings is 2. The number of ether oxygens (including phenoxy) is 1. The van der Waals surface area contributed by atoms with Crippen molar-refractivity contribution in [3.63, 3.8) is 0 Å². The molecule has 1 aliphatic heterocycles. The first-order chi connectivity index (χ1) is 13.7.